The summed E-state index contributed by atoms with van der Waals surface area (Å²) in [4.78, 5) is 4.04. The Balaban J connectivity index is 1.88. The van der Waals surface area contributed by atoms with Crippen LogP contribution in [0.5, 0.6) is 0 Å². The number of hydrogen-bond acceptors (Lipinski definition) is 2. The average molecular weight is 263 g/mol. The van der Waals surface area contributed by atoms with Crippen molar-refractivity contribution in [2.24, 2.45) is 11.8 Å². The van der Waals surface area contributed by atoms with E-state index in [4.69, 9.17) is 4.42 Å². The molecule has 19 heavy (non-hydrogen) atoms. The van der Waals surface area contributed by atoms with E-state index < -0.39 is 17.8 Å². The molecule has 2 aromatic rings. The third-order valence-electron chi connectivity index (χ3n) is 3.68. The fourth-order valence-corrected chi connectivity index (χ4v) is 2.67. The van der Waals surface area contributed by atoms with Gasteiger partial charge in [-0.05, 0) is 5.92 Å². The Morgan fingerprint density at radius 3 is 2.47 bits per heavy atom. The first kappa shape index (κ1) is 12.3. The van der Waals surface area contributed by atoms with Gasteiger partial charge in [0.1, 0.15) is 5.92 Å². The van der Waals surface area contributed by atoms with Crippen molar-refractivity contribution in [1.82, 2.24) is 4.98 Å². The van der Waals surface area contributed by atoms with Crippen LogP contribution in [-0.4, -0.2) is 10.9 Å². The van der Waals surface area contributed by atoms with Crippen molar-refractivity contribution in [1.29, 1.82) is 0 Å². The Morgan fingerprint density at radius 1 is 1.21 bits per heavy atom. The molecule has 1 aliphatic rings. The zero-order valence-electron chi connectivity index (χ0n) is 10.8. The summed E-state index contributed by atoms with van der Waals surface area (Å²) in [5, 5.41) is 0. The van der Waals surface area contributed by atoms with Crippen molar-refractivity contribution < 1.29 is 13.2 Å². The van der Waals surface area contributed by atoms with Gasteiger partial charge in [-0.2, -0.15) is 0 Å². The number of alkyl halides is 2. The number of nitrogens with zero attached hydrogens (tertiary/aromatic N) is 1. The van der Waals surface area contributed by atoms with Gasteiger partial charge >= 0.3 is 0 Å². The van der Waals surface area contributed by atoms with E-state index in [1.165, 1.54) is 6.20 Å². The van der Waals surface area contributed by atoms with Crippen LogP contribution in [0.3, 0.4) is 0 Å². The Labute approximate surface area is 110 Å². The molecule has 0 aliphatic heterocycles. The van der Waals surface area contributed by atoms with Crippen LogP contribution < -0.4 is 0 Å². The maximum absolute atomic E-state index is 13.7. The second-order valence-corrected chi connectivity index (χ2v) is 5.35. The van der Waals surface area contributed by atoms with Crippen LogP contribution in [0.25, 0.3) is 11.3 Å². The average Bonchev–Trinajstić information content (AvgIpc) is 2.76. The molecule has 2 unspecified atom stereocenters. The third-order valence-corrected chi connectivity index (χ3v) is 3.68. The van der Waals surface area contributed by atoms with E-state index in [1.54, 1.807) is 13.8 Å². The monoisotopic (exact) mass is 263 g/mol. The molecule has 1 saturated carbocycles. The molecular formula is C15H15F2NO. The van der Waals surface area contributed by atoms with Crippen LogP contribution in [0, 0.1) is 11.8 Å². The summed E-state index contributed by atoms with van der Waals surface area (Å²) in [6.07, 6.45) is 1.52. The molecule has 0 radical (unpaired) electrons. The van der Waals surface area contributed by atoms with E-state index in [9.17, 15) is 8.78 Å². The van der Waals surface area contributed by atoms with Gasteiger partial charge in [-0.25, -0.2) is 13.8 Å². The Bertz CT molecular complexity index is 577. The first-order chi connectivity index (χ1) is 9.01. The summed E-state index contributed by atoms with van der Waals surface area (Å²) in [6, 6.07) is 9.38. The molecule has 0 spiro atoms. The Hall–Kier alpha value is -1.71. The van der Waals surface area contributed by atoms with E-state index >= 15 is 0 Å². The second-order valence-electron chi connectivity index (χ2n) is 5.35. The number of benzene rings is 1. The van der Waals surface area contributed by atoms with Crippen molar-refractivity contribution in [3.8, 4) is 11.3 Å². The summed E-state index contributed by atoms with van der Waals surface area (Å²) in [7, 11) is 0. The molecule has 2 nitrogen and oxygen atoms in total. The van der Waals surface area contributed by atoms with Gasteiger partial charge in [0.05, 0.1) is 6.20 Å². The quantitative estimate of drug-likeness (QED) is 0.823. The van der Waals surface area contributed by atoms with Crippen molar-refractivity contribution in [2.75, 3.05) is 0 Å². The molecule has 100 valence electrons. The molecular weight excluding hydrogens is 248 g/mol. The minimum absolute atomic E-state index is 0.0768. The van der Waals surface area contributed by atoms with Crippen LogP contribution in [0.1, 0.15) is 25.7 Å². The predicted molar refractivity (Wildman–Crippen MR) is 68.0 cm³/mol. The Morgan fingerprint density at radius 2 is 1.89 bits per heavy atom. The maximum Gasteiger partial charge on any atom is 0.264 e. The van der Waals surface area contributed by atoms with Gasteiger partial charge < -0.3 is 4.42 Å². The molecule has 0 saturated heterocycles. The van der Waals surface area contributed by atoms with Gasteiger partial charge in [-0.1, -0.05) is 44.2 Å². The molecule has 1 heterocycles. The molecule has 1 aliphatic carbocycles. The van der Waals surface area contributed by atoms with E-state index in [-0.39, 0.29) is 11.8 Å². The highest BCUT2D eigenvalue weighted by atomic mass is 19.3. The molecule has 2 atom stereocenters. The van der Waals surface area contributed by atoms with Gasteiger partial charge in [-0.15, -0.1) is 0 Å². The molecule has 0 bridgehead atoms. The summed E-state index contributed by atoms with van der Waals surface area (Å²) in [5.41, 5.74) is 0.853. The topological polar surface area (TPSA) is 26.0 Å². The molecule has 1 fully saturated rings. The Kier molecular flexibility index (Phi) is 2.69. The fraction of sp³-hybridized carbons (Fsp3) is 0.400. The van der Waals surface area contributed by atoms with Gasteiger partial charge in [0.25, 0.3) is 5.92 Å². The fourth-order valence-electron chi connectivity index (χ4n) is 2.67. The van der Waals surface area contributed by atoms with Gasteiger partial charge in [-0.3, -0.25) is 0 Å². The largest absolute Gasteiger partial charge is 0.440 e. The SMILES string of the molecule is CC(C)C1C(c2ncc(-c3ccccc3)o2)C1(F)F. The molecule has 0 amide bonds. The molecule has 3 rings (SSSR count). The maximum atomic E-state index is 13.7. The number of aromatic nitrogens is 1. The smallest absolute Gasteiger partial charge is 0.264 e. The van der Waals surface area contributed by atoms with Crippen LogP contribution in [0.15, 0.2) is 40.9 Å². The lowest BCUT2D eigenvalue weighted by Crippen LogP contribution is -1.99. The van der Waals surface area contributed by atoms with Crippen LogP contribution >= 0.6 is 0 Å². The van der Waals surface area contributed by atoms with Crippen molar-refractivity contribution in [3.05, 3.63) is 42.4 Å². The normalized spacial score (nSPS) is 24.7. The lowest BCUT2D eigenvalue weighted by Gasteiger charge is -1.98. The summed E-state index contributed by atoms with van der Waals surface area (Å²) >= 11 is 0. The van der Waals surface area contributed by atoms with Crippen molar-refractivity contribution in [3.63, 3.8) is 0 Å². The number of hydrogen-bond donors (Lipinski definition) is 0. The lowest BCUT2D eigenvalue weighted by atomic mass is 10.1. The number of halogens is 2. The second kappa shape index (κ2) is 4.15. The van der Waals surface area contributed by atoms with Crippen LogP contribution in [0.2, 0.25) is 0 Å². The first-order valence-corrected chi connectivity index (χ1v) is 6.40. The summed E-state index contributed by atoms with van der Waals surface area (Å²) in [6.45, 7) is 3.61. The van der Waals surface area contributed by atoms with E-state index in [0.29, 0.717) is 5.76 Å². The van der Waals surface area contributed by atoms with Gasteiger partial charge in [0.15, 0.2) is 5.76 Å². The van der Waals surface area contributed by atoms with E-state index in [2.05, 4.69) is 4.98 Å². The van der Waals surface area contributed by atoms with Gasteiger partial charge in [0, 0.05) is 11.5 Å². The lowest BCUT2D eigenvalue weighted by molar-refractivity contribution is 0.0821. The zero-order valence-corrected chi connectivity index (χ0v) is 10.8. The van der Waals surface area contributed by atoms with Crippen molar-refractivity contribution in [2.45, 2.75) is 25.7 Å². The summed E-state index contributed by atoms with van der Waals surface area (Å²) in [5.74, 6) is -3.59. The highest BCUT2D eigenvalue weighted by Gasteiger charge is 2.71. The van der Waals surface area contributed by atoms with E-state index in [0.717, 1.165) is 5.56 Å². The third kappa shape index (κ3) is 1.95. The minimum atomic E-state index is -2.69. The summed E-state index contributed by atoms with van der Waals surface area (Å²) < 4.78 is 32.9. The van der Waals surface area contributed by atoms with Crippen LogP contribution in [-0.2, 0) is 0 Å². The van der Waals surface area contributed by atoms with E-state index in [1.807, 2.05) is 30.3 Å². The molecule has 1 aromatic carbocycles. The molecule has 0 N–H and O–H groups in total. The standard InChI is InChI=1S/C15H15F2NO/c1-9(2)12-13(15(12,16)17)14-18-8-11(19-14)10-6-4-3-5-7-10/h3-9,12-13H,1-2H3. The predicted octanol–water partition coefficient (Wildman–Crippen LogP) is 4.35. The van der Waals surface area contributed by atoms with Crippen molar-refractivity contribution >= 4 is 0 Å². The molecule has 4 heteroatoms. The number of oxazole rings is 1. The number of rotatable bonds is 3. The zero-order chi connectivity index (χ0) is 13.6. The minimum Gasteiger partial charge on any atom is -0.440 e. The van der Waals surface area contributed by atoms with Crippen LogP contribution in [0.4, 0.5) is 8.78 Å². The highest BCUT2D eigenvalue weighted by Crippen LogP contribution is 2.64. The first-order valence-electron chi connectivity index (χ1n) is 6.40. The van der Waals surface area contributed by atoms with Gasteiger partial charge in [0.2, 0.25) is 5.89 Å². The highest BCUT2D eigenvalue weighted by molar-refractivity contribution is 5.56. The molecule has 1 aromatic heterocycles.